The highest BCUT2D eigenvalue weighted by molar-refractivity contribution is 7.71. The minimum atomic E-state index is 0.218. The van der Waals surface area contributed by atoms with Crippen LogP contribution in [0, 0.1) is 4.77 Å². The number of rotatable bonds is 3. The Labute approximate surface area is 128 Å². The number of hydrogen-bond donors (Lipinski definition) is 1. The molecule has 0 bridgehead atoms. The minimum Gasteiger partial charge on any atom is -0.331 e. The molecule has 1 aromatic heterocycles. The number of nitrogens with one attached hydrogen (secondary N) is 1. The lowest BCUT2D eigenvalue weighted by Crippen LogP contribution is -2.09. The second-order valence-electron chi connectivity index (χ2n) is 4.80. The summed E-state index contributed by atoms with van der Waals surface area (Å²) in [5.41, 5.74) is 3.33. The summed E-state index contributed by atoms with van der Waals surface area (Å²) in [5, 5.41) is 0.725. The van der Waals surface area contributed by atoms with Crippen LogP contribution in [0.4, 0.5) is 0 Å². The van der Waals surface area contributed by atoms with Crippen LogP contribution < -0.4 is 0 Å². The molecule has 1 heterocycles. The van der Waals surface area contributed by atoms with E-state index in [-0.39, 0.29) is 6.04 Å². The van der Waals surface area contributed by atoms with Crippen molar-refractivity contribution in [2.24, 2.45) is 0 Å². The van der Waals surface area contributed by atoms with Gasteiger partial charge in [-0.25, -0.2) is 0 Å². The molecule has 0 saturated carbocycles. The van der Waals surface area contributed by atoms with E-state index in [0.29, 0.717) is 0 Å². The lowest BCUT2D eigenvalue weighted by molar-refractivity contribution is 0.575. The summed E-state index contributed by atoms with van der Waals surface area (Å²) in [4.78, 5) is 3.26. The van der Waals surface area contributed by atoms with Gasteiger partial charge in [-0.2, -0.15) is 0 Å². The molecule has 1 N–H and O–H groups in total. The van der Waals surface area contributed by atoms with Gasteiger partial charge in [0.25, 0.3) is 0 Å². The number of imidazole rings is 1. The number of benzene rings is 2. The Morgan fingerprint density at radius 3 is 2.65 bits per heavy atom. The SMILES string of the molecule is CCC(c1ccccc1)n1c(=S)[nH]c2ccc(Cl)cc21. The van der Waals surface area contributed by atoms with Crippen molar-refractivity contribution in [3.63, 3.8) is 0 Å². The van der Waals surface area contributed by atoms with Gasteiger partial charge in [0.2, 0.25) is 0 Å². The summed E-state index contributed by atoms with van der Waals surface area (Å²) >= 11 is 11.6. The van der Waals surface area contributed by atoms with Crippen molar-refractivity contribution in [3.05, 3.63) is 63.9 Å². The predicted octanol–water partition coefficient (Wildman–Crippen LogP) is 5.35. The number of hydrogen-bond acceptors (Lipinski definition) is 1. The van der Waals surface area contributed by atoms with Crippen LogP contribution in [0.1, 0.15) is 24.9 Å². The summed E-state index contributed by atoms with van der Waals surface area (Å²) in [6.07, 6.45) is 0.970. The molecule has 3 rings (SSSR count). The number of aromatic amines is 1. The maximum atomic E-state index is 6.13. The normalized spacial score (nSPS) is 12.7. The van der Waals surface area contributed by atoms with Crippen LogP contribution in [0.5, 0.6) is 0 Å². The molecule has 20 heavy (non-hydrogen) atoms. The van der Waals surface area contributed by atoms with Crippen molar-refractivity contribution in [1.82, 2.24) is 9.55 Å². The number of halogens is 1. The van der Waals surface area contributed by atoms with E-state index in [0.717, 1.165) is 27.2 Å². The molecule has 102 valence electrons. The molecule has 0 amide bonds. The second kappa shape index (κ2) is 5.43. The fraction of sp³-hybridized carbons (Fsp3) is 0.188. The average Bonchev–Trinajstić information content (AvgIpc) is 2.77. The van der Waals surface area contributed by atoms with Crippen LogP contribution in [-0.2, 0) is 0 Å². The van der Waals surface area contributed by atoms with Crippen molar-refractivity contribution >= 4 is 34.9 Å². The number of fused-ring (bicyclic) bond motifs is 1. The Balaban J connectivity index is 2.24. The van der Waals surface area contributed by atoms with E-state index in [4.69, 9.17) is 23.8 Å². The van der Waals surface area contributed by atoms with E-state index in [2.05, 4.69) is 40.7 Å². The van der Waals surface area contributed by atoms with Gasteiger partial charge in [-0.1, -0.05) is 48.9 Å². The first-order valence-corrected chi connectivity index (χ1v) is 7.44. The molecule has 1 unspecified atom stereocenters. The molecular weight excluding hydrogens is 288 g/mol. The minimum absolute atomic E-state index is 0.218. The molecule has 0 aliphatic carbocycles. The van der Waals surface area contributed by atoms with Crippen LogP contribution in [-0.4, -0.2) is 9.55 Å². The summed E-state index contributed by atoms with van der Waals surface area (Å²) in [7, 11) is 0. The molecule has 0 saturated heterocycles. The van der Waals surface area contributed by atoms with Crippen molar-refractivity contribution in [2.75, 3.05) is 0 Å². The first-order chi connectivity index (χ1) is 9.70. The topological polar surface area (TPSA) is 20.7 Å². The van der Waals surface area contributed by atoms with Gasteiger partial charge in [-0.3, -0.25) is 0 Å². The van der Waals surface area contributed by atoms with Crippen molar-refractivity contribution in [3.8, 4) is 0 Å². The number of H-pyrrole nitrogens is 1. The monoisotopic (exact) mass is 302 g/mol. The van der Waals surface area contributed by atoms with Crippen LogP contribution in [0.2, 0.25) is 5.02 Å². The molecule has 3 aromatic rings. The van der Waals surface area contributed by atoms with Crippen molar-refractivity contribution in [1.29, 1.82) is 0 Å². The van der Waals surface area contributed by atoms with E-state index in [1.165, 1.54) is 5.56 Å². The Hall–Kier alpha value is -1.58. The van der Waals surface area contributed by atoms with Gasteiger partial charge >= 0.3 is 0 Å². The van der Waals surface area contributed by atoms with Gasteiger partial charge in [-0.15, -0.1) is 0 Å². The van der Waals surface area contributed by atoms with E-state index in [1.54, 1.807) is 0 Å². The van der Waals surface area contributed by atoms with Crippen LogP contribution in [0.15, 0.2) is 48.5 Å². The fourth-order valence-electron chi connectivity index (χ4n) is 2.65. The molecule has 0 fully saturated rings. The molecule has 0 spiro atoms. The van der Waals surface area contributed by atoms with E-state index in [9.17, 15) is 0 Å². The number of aromatic nitrogens is 2. The van der Waals surface area contributed by atoms with E-state index >= 15 is 0 Å². The lowest BCUT2D eigenvalue weighted by Gasteiger charge is -2.18. The van der Waals surface area contributed by atoms with Crippen molar-refractivity contribution < 1.29 is 0 Å². The third kappa shape index (κ3) is 2.28. The van der Waals surface area contributed by atoms with Gasteiger partial charge < -0.3 is 9.55 Å². The van der Waals surface area contributed by atoms with E-state index in [1.807, 2.05) is 24.3 Å². The average molecular weight is 303 g/mol. The standard InChI is InChI=1S/C16H15ClN2S/c1-2-14(11-6-4-3-5-7-11)19-15-10-12(17)8-9-13(15)18-16(19)20/h3-10,14H,2H2,1H3,(H,18,20). The quantitative estimate of drug-likeness (QED) is 0.647. The Kier molecular flexibility index (Phi) is 3.64. The van der Waals surface area contributed by atoms with E-state index < -0.39 is 0 Å². The molecule has 2 aromatic carbocycles. The smallest absolute Gasteiger partial charge is 0.178 e. The third-order valence-corrected chi connectivity index (χ3v) is 4.10. The maximum absolute atomic E-state index is 6.13. The Bertz CT molecular complexity index is 789. The number of nitrogens with zero attached hydrogens (tertiary/aromatic N) is 1. The zero-order valence-electron chi connectivity index (χ0n) is 11.1. The summed E-state index contributed by atoms with van der Waals surface area (Å²) in [6.45, 7) is 2.17. The van der Waals surface area contributed by atoms with Gasteiger partial charge in [0.05, 0.1) is 17.1 Å². The Morgan fingerprint density at radius 1 is 1.20 bits per heavy atom. The largest absolute Gasteiger partial charge is 0.331 e. The Morgan fingerprint density at radius 2 is 1.95 bits per heavy atom. The van der Waals surface area contributed by atoms with Gasteiger partial charge in [0.1, 0.15) is 0 Å². The second-order valence-corrected chi connectivity index (χ2v) is 5.62. The van der Waals surface area contributed by atoms with Crippen molar-refractivity contribution in [2.45, 2.75) is 19.4 Å². The lowest BCUT2D eigenvalue weighted by atomic mass is 10.0. The van der Waals surface area contributed by atoms with Gasteiger partial charge in [-0.05, 0) is 42.4 Å². The molecule has 1 atom stereocenters. The van der Waals surface area contributed by atoms with Gasteiger partial charge in [0.15, 0.2) is 4.77 Å². The predicted molar refractivity (Wildman–Crippen MR) is 87.0 cm³/mol. The third-order valence-electron chi connectivity index (χ3n) is 3.56. The van der Waals surface area contributed by atoms with Gasteiger partial charge in [0, 0.05) is 5.02 Å². The fourth-order valence-corrected chi connectivity index (χ4v) is 3.15. The zero-order chi connectivity index (χ0) is 14.1. The highest BCUT2D eigenvalue weighted by Crippen LogP contribution is 2.28. The van der Waals surface area contributed by atoms with Crippen LogP contribution >= 0.6 is 23.8 Å². The molecule has 0 radical (unpaired) electrons. The molecule has 4 heteroatoms. The molecular formula is C16H15ClN2S. The first kappa shape index (κ1) is 13.4. The molecule has 2 nitrogen and oxygen atoms in total. The molecule has 0 aliphatic heterocycles. The summed E-state index contributed by atoms with van der Waals surface area (Å²) < 4.78 is 2.89. The van der Waals surface area contributed by atoms with Crippen LogP contribution in [0.25, 0.3) is 11.0 Å². The summed E-state index contributed by atoms with van der Waals surface area (Å²) in [5.74, 6) is 0. The highest BCUT2D eigenvalue weighted by atomic mass is 35.5. The molecule has 0 aliphatic rings. The summed E-state index contributed by atoms with van der Waals surface area (Å²) in [6, 6.07) is 16.5. The van der Waals surface area contributed by atoms with Crippen LogP contribution in [0.3, 0.4) is 0 Å². The maximum Gasteiger partial charge on any atom is 0.178 e. The zero-order valence-corrected chi connectivity index (χ0v) is 12.7. The first-order valence-electron chi connectivity index (χ1n) is 6.65. The highest BCUT2D eigenvalue weighted by Gasteiger charge is 2.15.